The van der Waals surface area contributed by atoms with Gasteiger partial charge in [-0.3, -0.25) is 4.79 Å². The van der Waals surface area contributed by atoms with Crippen LogP contribution in [0.4, 0.5) is 0 Å². The summed E-state index contributed by atoms with van der Waals surface area (Å²) in [6, 6.07) is 0. The van der Waals surface area contributed by atoms with Crippen molar-refractivity contribution in [2.45, 2.75) is 110 Å². The molecular formula is C25H51N2O+. The lowest BCUT2D eigenvalue weighted by atomic mass is 10.1. The molecule has 0 rings (SSSR count). The molecule has 0 fully saturated rings. The maximum absolute atomic E-state index is 11.8. The van der Waals surface area contributed by atoms with E-state index in [1.54, 1.807) is 0 Å². The van der Waals surface area contributed by atoms with E-state index in [4.69, 9.17) is 0 Å². The molecule has 3 heteroatoms. The first kappa shape index (κ1) is 27.2. The molecule has 0 aromatic heterocycles. The maximum Gasteiger partial charge on any atom is 0.219 e. The van der Waals surface area contributed by atoms with Gasteiger partial charge in [0, 0.05) is 19.4 Å². The second-order valence-corrected chi connectivity index (χ2v) is 9.01. The summed E-state index contributed by atoms with van der Waals surface area (Å²) in [5, 5.41) is 3.07. The Morgan fingerprint density at radius 1 is 0.750 bits per heavy atom. The molecule has 0 aromatic carbocycles. The zero-order valence-electron chi connectivity index (χ0n) is 19.7. The number of rotatable bonds is 20. The molecule has 0 atom stereocenters. The second-order valence-electron chi connectivity index (χ2n) is 9.01. The number of quaternary nitrogens is 1. The highest BCUT2D eigenvalue weighted by Gasteiger charge is 2.10. The summed E-state index contributed by atoms with van der Waals surface area (Å²) >= 11 is 0. The zero-order valence-corrected chi connectivity index (χ0v) is 19.7. The van der Waals surface area contributed by atoms with Gasteiger partial charge in [-0.1, -0.05) is 70.4 Å². The Morgan fingerprint density at radius 2 is 1.29 bits per heavy atom. The van der Waals surface area contributed by atoms with Gasteiger partial charge in [-0.15, -0.1) is 0 Å². The summed E-state index contributed by atoms with van der Waals surface area (Å²) in [5.41, 5.74) is 0. The molecule has 0 saturated carbocycles. The number of carbonyl (C=O) groups is 1. The lowest BCUT2D eigenvalue weighted by Crippen LogP contribution is -2.41. The van der Waals surface area contributed by atoms with Crippen LogP contribution in [0, 0.1) is 0 Å². The van der Waals surface area contributed by atoms with Gasteiger partial charge in [0.15, 0.2) is 0 Å². The monoisotopic (exact) mass is 395 g/mol. The predicted molar refractivity (Wildman–Crippen MR) is 125 cm³/mol. The first-order chi connectivity index (χ1) is 13.5. The van der Waals surface area contributed by atoms with Crippen molar-refractivity contribution in [3.8, 4) is 0 Å². The highest BCUT2D eigenvalue weighted by atomic mass is 16.1. The number of hydrogen-bond donors (Lipinski definition) is 1. The topological polar surface area (TPSA) is 29.1 Å². The summed E-state index contributed by atoms with van der Waals surface area (Å²) in [5.74, 6) is 0.236. The Balaban J connectivity index is 3.30. The predicted octanol–water partition coefficient (Wildman–Crippen LogP) is 6.63. The molecule has 1 amide bonds. The van der Waals surface area contributed by atoms with E-state index in [2.05, 4.69) is 45.4 Å². The fourth-order valence-electron chi connectivity index (χ4n) is 3.34. The van der Waals surface area contributed by atoms with Gasteiger partial charge in [0.2, 0.25) is 5.91 Å². The number of carbonyl (C=O) groups excluding carboxylic acids is 1. The van der Waals surface area contributed by atoms with Gasteiger partial charge in [0.05, 0.1) is 27.2 Å². The number of unbranched alkanes of at least 4 members (excludes halogenated alkanes) is 11. The third kappa shape index (κ3) is 19.9. The van der Waals surface area contributed by atoms with Crippen LogP contribution in [0.5, 0.6) is 0 Å². The van der Waals surface area contributed by atoms with E-state index in [1.165, 1.54) is 77.0 Å². The molecule has 0 radical (unpaired) electrons. The van der Waals surface area contributed by atoms with Crippen molar-refractivity contribution < 1.29 is 9.28 Å². The van der Waals surface area contributed by atoms with Crippen LogP contribution >= 0.6 is 0 Å². The highest BCUT2D eigenvalue weighted by molar-refractivity contribution is 5.75. The number of nitrogens with zero attached hydrogens (tertiary/aromatic N) is 1. The van der Waals surface area contributed by atoms with Crippen molar-refractivity contribution in [1.82, 2.24) is 5.32 Å². The van der Waals surface area contributed by atoms with Gasteiger partial charge in [-0.2, -0.15) is 0 Å². The molecule has 0 aliphatic heterocycles. The fraction of sp³-hybridized carbons (Fsp3) is 0.880. The molecule has 28 heavy (non-hydrogen) atoms. The molecule has 0 heterocycles. The molecule has 0 saturated heterocycles. The first-order valence-electron chi connectivity index (χ1n) is 12.3. The standard InChI is InChI=1S/C25H50N2O/c1-5-7-8-9-10-11-12-13-14-15-16-17-18-19-20-22-25(28)26-23-21-24-27(3,4)6-2/h13-14H,5-12,15-24H2,1-4H3/p+1/b14-13-. The average Bonchev–Trinajstić information content (AvgIpc) is 2.68. The van der Waals surface area contributed by atoms with Crippen LogP contribution in [0.1, 0.15) is 110 Å². The number of amides is 1. The fourth-order valence-corrected chi connectivity index (χ4v) is 3.34. The van der Waals surface area contributed by atoms with E-state index in [-0.39, 0.29) is 5.91 Å². The molecule has 0 bridgehead atoms. The van der Waals surface area contributed by atoms with Gasteiger partial charge >= 0.3 is 0 Å². The van der Waals surface area contributed by atoms with Crippen LogP contribution in [0.3, 0.4) is 0 Å². The summed E-state index contributed by atoms with van der Waals surface area (Å²) in [6.07, 6.45) is 23.4. The Morgan fingerprint density at radius 3 is 1.86 bits per heavy atom. The molecule has 0 aliphatic rings. The highest BCUT2D eigenvalue weighted by Crippen LogP contribution is 2.10. The van der Waals surface area contributed by atoms with Crippen LogP contribution in [0.2, 0.25) is 0 Å². The van der Waals surface area contributed by atoms with Crippen LogP contribution in [0.15, 0.2) is 12.2 Å². The quantitative estimate of drug-likeness (QED) is 0.140. The lowest BCUT2D eigenvalue weighted by Gasteiger charge is -2.28. The van der Waals surface area contributed by atoms with Crippen LogP contribution < -0.4 is 5.32 Å². The Kier molecular flexibility index (Phi) is 18.9. The minimum absolute atomic E-state index is 0.236. The third-order valence-electron chi connectivity index (χ3n) is 5.78. The van der Waals surface area contributed by atoms with Crippen molar-refractivity contribution in [2.24, 2.45) is 0 Å². The Bertz CT molecular complexity index is 377. The molecule has 0 aliphatic carbocycles. The molecule has 0 unspecified atom stereocenters. The van der Waals surface area contributed by atoms with Gasteiger partial charge in [0.25, 0.3) is 0 Å². The summed E-state index contributed by atoms with van der Waals surface area (Å²) in [7, 11) is 4.49. The average molecular weight is 396 g/mol. The lowest BCUT2D eigenvalue weighted by molar-refractivity contribution is -0.888. The van der Waals surface area contributed by atoms with E-state index in [1.807, 2.05) is 0 Å². The Hall–Kier alpha value is -0.830. The number of nitrogens with one attached hydrogen (secondary N) is 1. The minimum Gasteiger partial charge on any atom is -0.356 e. The molecule has 1 N–H and O–H groups in total. The van der Waals surface area contributed by atoms with Gasteiger partial charge < -0.3 is 9.80 Å². The van der Waals surface area contributed by atoms with Crippen LogP contribution in [-0.4, -0.2) is 44.1 Å². The SMILES string of the molecule is CCCCCCCC/C=C\CCCCCCCC(=O)NCCC[N+](C)(C)CC. The minimum atomic E-state index is 0.236. The maximum atomic E-state index is 11.8. The number of allylic oxidation sites excluding steroid dienone is 2. The van der Waals surface area contributed by atoms with Gasteiger partial charge in [0.1, 0.15) is 0 Å². The second kappa shape index (κ2) is 19.5. The smallest absolute Gasteiger partial charge is 0.219 e. The number of hydrogen-bond acceptors (Lipinski definition) is 1. The summed E-state index contributed by atoms with van der Waals surface area (Å²) in [4.78, 5) is 11.8. The van der Waals surface area contributed by atoms with Crippen LogP contribution in [0.25, 0.3) is 0 Å². The van der Waals surface area contributed by atoms with Crippen molar-refractivity contribution in [1.29, 1.82) is 0 Å². The zero-order chi connectivity index (χ0) is 20.9. The molecular weight excluding hydrogens is 344 g/mol. The van der Waals surface area contributed by atoms with Crippen LogP contribution in [-0.2, 0) is 4.79 Å². The van der Waals surface area contributed by atoms with E-state index in [9.17, 15) is 4.79 Å². The molecule has 0 spiro atoms. The van der Waals surface area contributed by atoms with E-state index >= 15 is 0 Å². The van der Waals surface area contributed by atoms with Crippen molar-refractivity contribution in [3.63, 3.8) is 0 Å². The summed E-state index contributed by atoms with van der Waals surface area (Å²) < 4.78 is 1.03. The largest absolute Gasteiger partial charge is 0.356 e. The van der Waals surface area contributed by atoms with E-state index < -0.39 is 0 Å². The van der Waals surface area contributed by atoms with Crippen molar-refractivity contribution in [2.75, 3.05) is 33.7 Å². The third-order valence-corrected chi connectivity index (χ3v) is 5.78. The van der Waals surface area contributed by atoms with Crippen molar-refractivity contribution >= 4 is 5.91 Å². The normalized spacial score (nSPS) is 12.0. The van der Waals surface area contributed by atoms with E-state index in [0.29, 0.717) is 6.42 Å². The Labute approximate surface area is 176 Å². The first-order valence-corrected chi connectivity index (χ1v) is 12.3. The molecule has 166 valence electrons. The van der Waals surface area contributed by atoms with Crippen molar-refractivity contribution in [3.05, 3.63) is 12.2 Å². The van der Waals surface area contributed by atoms with E-state index in [0.717, 1.165) is 37.0 Å². The van der Waals surface area contributed by atoms with Gasteiger partial charge in [-0.05, 0) is 39.0 Å². The molecule has 0 aromatic rings. The van der Waals surface area contributed by atoms with Gasteiger partial charge in [-0.25, -0.2) is 0 Å². The molecule has 3 nitrogen and oxygen atoms in total. The summed E-state index contributed by atoms with van der Waals surface area (Å²) in [6.45, 7) is 7.58.